The zero-order chi connectivity index (χ0) is 16.3. The molecule has 0 aliphatic heterocycles. The van der Waals surface area contributed by atoms with Crippen LogP contribution in [0.3, 0.4) is 0 Å². The highest BCUT2D eigenvalue weighted by molar-refractivity contribution is 7.89. The first-order valence-corrected chi connectivity index (χ1v) is 8.20. The van der Waals surface area contributed by atoms with Gasteiger partial charge in [0.25, 0.3) is 0 Å². The SMILES string of the molecule is CCCNS(=O)(=O)c1ccc(NC(C)(C)C)c(C(=O)O)c1. The van der Waals surface area contributed by atoms with E-state index in [0.717, 1.165) is 0 Å². The number of sulfonamides is 1. The van der Waals surface area contributed by atoms with Crippen molar-refractivity contribution >= 4 is 21.7 Å². The smallest absolute Gasteiger partial charge is 0.337 e. The van der Waals surface area contributed by atoms with Gasteiger partial charge in [-0.15, -0.1) is 0 Å². The van der Waals surface area contributed by atoms with E-state index in [1.165, 1.54) is 18.2 Å². The summed E-state index contributed by atoms with van der Waals surface area (Å²) in [7, 11) is -3.68. The van der Waals surface area contributed by atoms with Crippen LogP contribution in [0.15, 0.2) is 23.1 Å². The molecule has 0 aromatic heterocycles. The molecule has 6 nitrogen and oxygen atoms in total. The van der Waals surface area contributed by atoms with Crippen molar-refractivity contribution in [2.24, 2.45) is 0 Å². The molecule has 3 N–H and O–H groups in total. The maximum Gasteiger partial charge on any atom is 0.337 e. The molecular weight excluding hydrogens is 292 g/mol. The number of carboxylic acids is 1. The van der Waals surface area contributed by atoms with Crippen LogP contribution < -0.4 is 10.0 Å². The van der Waals surface area contributed by atoms with Crippen LogP contribution in [0, 0.1) is 0 Å². The lowest BCUT2D eigenvalue weighted by Crippen LogP contribution is -2.28. The van der Waals surface area contributed by atoms with Gasteiger partial charge in [-0.1, -0.05) is 6.92 Å². The summed E-state index contributed by atoms with van der Waals surface area (Å²) in [6, 6.07) is 4.06. The summed E-state index contributed by atoms with van der Waals surface area (Å²) in [5.41, 5.74) is -0.000784. The minimum absolute atomic E-state index is 0.0483. The molecule has 0 radical (unpaired) electrons. The van der Waals surface area contributed by atoms with Crippen molar-refractivity contribution in [3.8, 4) is 0 Å². The molecule has 1 rings (SSSR count). The number of aromatic carboxylic acids is 1. The van der Waals surface area contributed by atoms with E-state index in [9.17, 15) is 18.3 Å². The van der Waals surface area contributed by atoms with Gasteiger partial charge in [0, 0.05) is 17.8 Å². The molecule has 0 fully saturated rings. The van der Waals surface area contributed by atoms with E-state index in [1.54, 1.807) is 0 Å². The van der Waals surface area contributed by atoms with E-state index >= 15 is 0 Å². The molecule has 1 aromatic rings. The van der Waals surface area contributed by atoms with E-state index in [4.69, 9.17) is 0 Å². The summed E-state index contributed by atoms with van der Waals surface area (Å²) in [5.74, 6) is -1.17. The minimum Gasteiger partial charge on any atom is -0.478 e. The standard InChI is InChI=1S/C14H22N2O4S/c1-5-8-15-21(19,20)10-6-7-12(16-14(2,3)4)11(9-10)13(17)18/h6-7,9,15-16H,5,8H2,1-4H3,(H,17,18). The number of anilines is 1. The van der Waals surface area contributed by atoms with Crippen molar-refractivity contribution in [1.82, 2.24) is 4.72 Å². The fraction of sp³-hybridized carbons (Fsp3) is 0.500. The van der Waals surface area contributed by atoms with E-state index in [1.807, 2.05) is 27.7 Å². The van der Waals surface area contributed by atoms with Gasteiger partial charge in [-0.2, -0.15) is 0 Å². The molecule has 7 heteroatoms. The Morgan fingerprint density at radius 1 is 1.29 bits per heavy atom. The third-order valence-corrected chi connectivity index (χ3v) is 4.04. The Hall–Kier alpha value is -1.60. The highest BCUT2D eigenvalue weighted by atomic mass is 32.2. The van der Waals surface area contributed by atoms with Gasteiger partial charge in [0.2, 0.25) is 10.0 Å². The molecule has 21 heavy (non-hydrogen) atoms. The monoisotopic (exact) mass is 314 g/mol. The fourth-order valence-corrected chi connectivity index (χ4v) is 2.86. The number of benzene rings is 1. The Balaban J connectivity index is 3.24. The largest absolute Gasteiger partial charge is 0.478 e. The third kappa shape index (κ3) is 5.02. The molecule has 0 aliphatic carbocycles. The number of rotatable bonds is 6. The molecule has 1 aromatic carbocycles. The van der Waals surface area contributed by atoms with Crippen molar-refractivity contribution in [2.75, 3.05) is 11.9 Å². The van der Waals surface area contributed by atoms with Gasteiger partial charge in [-0.05, 0) is 45.4 Å². The molecule has 0 saturated carbocycles. The molecule has 0 aliphatic rings. The molecule has 0 bridgehead atoms. The number of hydrogen-bond acceptors (Lipinski definition) is 4. The van der Waals surface area contributed by atoms with Gasteiger partial charge in [0.1, 0.15) is 0 Å². The van der Waals surface area contributed by atoms with Gasteiger partial charge in [0.15, 0.2) is 0 Å². The third-order valence-electron chi connectivity index (χ3n) is 2.58. The highest BCUT2D eigenvalue weighted by Crippen LogP contribution is 2.23. The summed E-state index contributed by atoms with van der Waals surface area (Å²) in [6.45, 7) is 7.85. The lowest BCUT2D eigenvalue weighted by Gasteiger charge is -2.23. The molecule has 118 valence electrons. The van der Waals surface area contributed by atoms with Crippen molar-refractivity contribution < 1.29 is 18.3 Å². The minimum atomic E-state index is -3.68. The maximum absolute atomic E-state index is 12.0. The van der Waals surface area contributed by atoms with Crippen LogP contribution in [-0.4, -0.2) is 31.6 Å². The van der Waals surface area contributed by atoms with Crippen molar-refractivity contribution in [1.29, 1.82) is 0 Å². The van der Waals surface area contributed by atoms with E-state index in [2.05, 4.69) is 10.0 Å². The first-order chi connectivity index (χ1) is 9.57. The first-order valence-electron chi connectivity index (χ1n) is 6.72. The second-order valence-electron chi connectivity index (χ2n) is 5.79. The maximum atomic E-state index is 12.0. The number of hydrogen-bond donors (Lipinski definition) is 3. The van der Waals surface area contributed by atoms with Crippen LogP contribution >= 0.6 is 0 Å². The summed E-state index contributed by atoms with van der Waals surface area (Å²) >= 11 is 0. The first kappa shape index (κ1) is 17.5. The van der Waals surface area contributed by atoms with E-state index in [0.29, 0.717) is 18.7 Å². The van der Waals surface area contributed by atoms with Gasteiger partial charge in [-0.3, -0.25) is 0 Å². The second-order valence-corrected chi connectivity index (χ2v) is 7.55. The zero-order valence-electron chi connectivity index (χ0n) is 12.7. The van der Waals surface area contributed by atoms with E-state index < -0.39 is 16.0 Å². The normalized spacial score (nSPS) is 12.2. The Kier molecular flexibility index (Phi) is 5.36. The van der Waals surface area contributed by atoms with Crippen molar-refractivity contribution in [3.63, 3.8) is 0 Å². The molecule has 0 saturated heterocycles. The van der Waals surface area contributed by atoms with Crippen LogP contribution in [0.4, 0.5) is 5.69 Å². The van der Waals surface area contributed by atoms with Crippen LogP contribution in [0.5, 0.6) is 0 Å². The second kappa shape index (κ2) is 6.44. The average molecular weight is 314 g/mol. The quantitative estimate of drug-likeness (QED) is 0.748. The molecule has 0 atom stereocenters. The molecule has 0 heterocycles. The van der Waals surface area contributed by atoms with Crippen LogP contribution in [0.1, 0.15) is 44.5 Å². The Bertz CT molecular complexity index is 618. The Morgan fingerprint density at radius 3 is 2.38 bits per heavy atom. The zero-order valence-corrected chi connectivity index (χ0v) is 13.5. The number of carboxylic acid groups (broad SMARTS) is 1. The summed E-state index contributed by atoms with van der Waals surface area (Å²) in [4.78, 5) is 11.3. The van der Waals surface area contributed by atoms with E-state index in [-0.39, 0.29) is 16.0 Å². The highest BCUT2D eigenvalue weighted by Gasteiger charge is 2.20. The Labute approximate surface area is 125 Å². The summed E-state index contributed by atoms with van der Waals surface area (Å²) < 4.78 is 26.5. The van der Waals surface area contributed by atoms with Gasteiger partial charge >= 0.3 is 5.97 Å². The van der Waals surface area contributed by atoms with Crippen LogP contribution in [0.25, 0.3) is 0 Å². The van der Waals surface area contributed by atoms with Crippen LogP contribution in [-0.2, 0) is 10.0 Å². The van der Waals surface area contributed by atoms with Gasteiger partial charge in [-0.25, -0.2) is 17.9 Å². The van der Waals surface area contributed by atoms with Crippen molar-refractivity contribution in [2.45, 2.75) is 44.6 Å². The van der Waals surface area contributed by atoms with Gasteiger partial charge < -0.3 is 10.4 Å². The molecule has 0 unspecified atom stereocenters. The van der Waals surface area contributed by atoms with Crippen LogP contribution in [0.2, 0.25) is 0 Å². The van der Waals surface area contributed by atoms with Gasteiger partial charge in [0.05, 0.1) is 10.5 Å². The van der Waals surface area contributed by atoms with Crippen molar-refractivity contribution in [3.05, 3.63) is 23.8 Å². The molecule has 0 spiro atoms. The fourth-order valence-electron chi connectivity index (χ4n) is 1.70. The lowest BCUT2D eigenvalue weighted by atomic mass is 10.1. The number of carbonyl (C=O) groups is 1. The Morgan fingerprint density at radius 2 is 1.90 bits per heavy atom. The predicted molar refractivity (Wildman–Crippen MR) is 82.3 cm³/mol. The topological polar surface area (TPSA) is 95.5 Å². The summed E-state index contributed by atoms with van der Waals surface area (Å²) in [5, 5.41) is 12.3. The number of nitrogens with one attached hydrogen (secondary N) is 2. The summed E-state index contributed by atoms with van der Waals surface area (Å²) in [6.07, 6.45) is 0.661. The molecular formula is C14H22N2O4S. The molecule has 0 amide bonds. The predicted octanol–water partition coefficient (Wildman–Crippen LogP) is 2.28. The average Bonchev–Trinajstić information content (AvgIpc) is 2.34. The lowest BCUT2D eigenvalue weighted by molar-refractivity contribution is 0.0697.